The number of hydrogen-bond acceptors (Lipinski definition) is 15. The first-order chi connectivity index (χ1) is 41.1. The van der Waals surface area contributed by atoms with Gasteiger partial charge in [0.05, 0.1) is 26.4 Å². The highest BCUT2D eigenvalue weighted by Gasteiger charge is 2.30. The molecule has 0 radical (unpaired) electrons. The first-order valence-electron chi connectivity index (χ1n) is 34.7. The molecule has 3 N–H and O–H groups in total. The Hall–Kier alpha value is -1.94. The number of carbonyl (C=O) groups excluding carboxylic acids is 4. The number of aliphatic hydroxyl groups is 1. The molecule has 0 saturated carbocycles. The van der Waals surface area contributed by atoms with Gasteiger partial charge in [-0.3, -0.25) is 37.3 Å². The van der Waals surface area contributed by atoms with E-state index >= 15 is 0 Å². The van der Waals surface area contributed by atoms with Gasteiger partial charge in [-0.1, -0.05) is 274 Å². The fourth-order valence-corrected chi connectivity index (χ4v) is 11.5. The molecule has 86 heavy (non-hydrogen) atoms. The Morgan fingerprint density at radius 1 is 0.326 bits per heavy atom. The molecule has 0 aliphatic rings. The molecule has 19 heteroatoms. The van der Waals surface area contributed by atoms with Crippen molar-refractivity contribution >= 4 is 39.5 Å². The zero-order chi connectivity index (χ0) is 63.9. The third-order valence-corrected chi connectivity index (χ3v) is 17.6. The van der Waals surface area contributed by atoms with Gasteiger partial charge in [-0.05, 0) is 49.4 Å². The van der Waals surface area contributed by atoms with Crippen LogP contribution in [0.3, 0.4) is 0 Å². The molecule has 0 amide bonds. The lowest BCUT2D eigenvalue weighted by atomic mass is 10.00. The molecule has 0 aromatic heterocycles. The maximum Gasteiger partial charge on any atom is 0.472 e. The minimum absolute atomic E-state index is 0.102. The average Bonchev–Trinajstić information content (AvgIpc) is 3.68. The predicted molar refractivity (Wildman–Crippen MR) is 344 cm³/mol. The molecule has 17 nitrogen and oxygen atoms in total. The van der Waals surface area contributed by atoms with E-state index in [0.717, 1.165) is 114 Å². The van der Waals surface area contributed by atoms with Gasteiger partial charge in [0.1, 0.15) is 19.3 Å². The Kier molecular flexibility index (Phi) is 55.7. The summed E-state index contributed by atoms with van der Waals surface area (Å²) in [6.07, 6.45) is 37.7. The molecule has 0 aliphatic heterocycles. The number of aliphatic hydroxyl groups excluding tert-OH is 1. The lowest BCUT2D eigenvalue weighted by Crippen LogP contribution is -2.30. The van der Waals surface area contributed by atoms with E-state index in [0.29, 0.717) is 31.6 Å². The summed E-state index contributed by atoms with van der Waals surface area (Å²) < 4.78 is 68.1. The fraction of sp³-hybridized carbons (Fsp3) is 0.940. The zero-order valence-electron chi connectivity index (χ0n) is 55.9. The molecule has 0 heterocycles. The average molecular weight is 1270 g/mol. The molecule has 0 aromatic rings. The van der Waals surface area contributed by atoms with Crippen LogP contribution < -0.4 is 0 Å². The van der Waals surface area contributed by atoms with E-state index in [1.165, 1.54) is 122 Å². The summed E-state index contributed by atoms with van der Waals surface area (Å²) in [7, 11) is -9.90. The van der Waals surface area contributed by atoms with Crippen molar-refractivity contribution in [3.8, 4) is 0 Å². The molecule has 6 atom stereocenters. The van der Waals surface area contributed by atoms with Crippen molar-refractivity contribution in [1.29, 1.82) is 0 Å². The largest absolute Gasteiger partial charge is 0.472 e. The molecule has 0 fully saturated rings. The van der Waals surface area contributed by atoms with Crippen molar-refractivity contribution in [2.75, 3.05) is 39.6 Å². The molecule has 0 bridgehead atoms. The van der Waals surface area contributed by atoms with Crippen LogP contribution in [-0.4, -0.2) is 96.7 Å². The van der Waals surface area contributed by atoms with Crippen molar-refractivity contribution in [3.05, 3.63) is 0 Å². The van der Waals surface area contributed by atoms with Crippen LogP contribution in [0.1, 0.15) is 325 Å². The molecule has 0 aromatic carbocycles. The van der Waals surface area contributed by atoms with E-state index in [2.05, 4.69) is 55.4 Å². The van der Waals surface area contributed by atoms with Crippen LogP contribution in [0.2, 0.25) is 0 Å². The zero-order valence-corrected chi connectivity index (χ0v) is 57.7. The van der Waals surface area contributed by atoms with Gasteiger partial charge in [0.2, 0.25) is 0 Å². The number of phosphoric acid groups is 2. The summed E-state index contributed by atoms with van der Waals surface area (Å²) >= 11 is 0. The van der Waals surface area contributed by atoms with Gasteiger partial charge < -0.3 is 33.8 Å². The monoisotopic (exact) mass is 1270 g/mol. The standard InChI is InChI=1S/C67H130O17P2/c1-9-60(8)46-38-30-25-26-34-42-50-67(72)84-63(54-77-64(69)47-39-31-22-16-12-10-14-19-27-35-43-57(2)3)56-82-86(75,76)80-52-61(68)51-79-85(73,74)81-55-62(53-78-65(70)48-40-32-24-18-21-29-37-45-59(6)7)83-66(71)49-41-33-23-17-13-11-15-20-28-36-44-58(4)5/h57-63,68H,9-56H2,1-8H3,(H,73,74)(H,75,76)/t60?,61?,62-,63-/m1/s1. The summed E-state index contributed by atoms with van der Waals surface area (Å²) in [4.78, 5) is 72.4. The maximum absolute atomic E-state index is 13.0. The Morgan fingerprint density at radius 3 is 0.826 bits per heavy atom. The number of phosphoric ester groups is 2. The Labute approximate surface area is 524 Å². The first-order valence-corrected chi connectivity index (χ1v) is 37.7. The summed E-state index contributed by atoms with van der Waals surface area (Å²) in [5, 5.41) is 10.6. The fourth-order valence-electron chi connectivity index (χ4n) is 9.93. The second kappa shape index (κ2) is 57.0. The quantitative estimate of drug-likeness (QED) is 0.0222. The number of ether oxygens (including phenoxy) is 4. The van der Waals surface area contributed by atoms with Gasteiger partial charge in [-0.2, -0.15) is 0 Å². The lowest BCUT2D eigenvalue weighted by Gasteiger charge is -2.21. The molecule has 0 spiro atoms. The topological polar surface area (TPSA) is 237 Å². The molecule has 510 valence electrons. The second-order valence-electron chi connectivity index (χ2n) is 25.9. The summed E-state index contributed by atoms with van der Waals surface area (Å²) in [5.41, 5.74) is 0. The molecule has 0 saturated heterocycles. The van der Waals surface area contributed by atoms with Crippen molar-refractivity contribution in [1.82, 2.24) is 0 Å². The van der Waals surface area contributed by atoms with Gasteiger partial charge in [-0.15, -0.1) is 0 Å². The van der Waals surface area contributed by atoms with Crippen LogP contribution in [0.5, 0.6) is 0 Å². The highest BCUT2D eigenvalue weighted by Crippen LogP contribution is 2.45. The van der Waals surface area contributed by atoms with Crippen molar-refractivity contribution < 1.29 is 80.2 Å². The normalized spacial score (nSPS) is 14.7. The molecule has 0 aliphatic carbocycles. The summed E-state index contributed by atoms with van der Waals surface area (Å²) in [6.45, 7) is 14.0. The molecular formula is C67H130O17P2. The van der Waals surface area contributed by atoms with E-state index < -0.39 is 97.5 Å². The number of rotatable bonds is 64. The minimum atomic E-state index is -4.95. The Bertz CT molecular complexity index is 1720. The third kappa shape index (κ3) is 59.7. The molecule has 0 rings (SSSR count). The van der Waals surface area contributed by atoms with Crippen molar-refractivity contribution in [2.45, 2.75) is 343 Å². The van der Waals surface area contributed by atoms with Gasteiger partial charge in [0, 0.05) is 25.7 Å². The van der Waals surface area contributed by atoms with E-state index in [1.807, 2.05) is 0 Å². The Balaban J connectivity index is 5.25. The highest BCUT2D eigenvalue weighted by molar-refractivity contribution is 7.47. The SMILES string of the molecule is CCC(C)CCCCCCCCC(=O)O[C@H](COC(=O)CCCCCCCCCCCCC(C)C)COP(=O)(O)OCC(O)COP(=O)(O)OC[C@@H](COC(=O)CCCCCCCCCC(C)C)OC(=O)CCCCCCCCCCCCC(C)C. The number of esters is 4. The highest BCUT2D eigenvalue weighted by atomic mass is 31.2. The number of unbranched alkanes of at least 4 members (excludes halogenated alkanes) is 29. The van der Waals surface area contributed by atoms with Crippen LogP contribution in [0.4, 0.5) is 0 Å². The summed E-state index contributed by atoms with van der Waals surface area (Å²) in [6, 6.07) is 0. The van der Waals surface area contributed by atoms with Crippen LogP contribution in [0, 0.1) is 23.7 Å². The second-order valence-corrected chi connectivity index (χ2v) is 28.8. The first kappa shape index (κ1) is 84.1. The molecule has 4 unspecified atom stereocenters. The van der Waals surface area contributed by atoms with Crippen LogP contribution >= 0.6 is 15.6 Å². The minimum Gasteiger partial charge on any atom is -0.462 e. The number of hydrogen-bond donors (Lipinski definition) is 3. The van der Waals surface area contributed by atoms with Gasteiger partial charge in [0.15, 0.2) is 12.2 Å². The lowest BCUT2D eigenvalue weighted by molar-refractivity contribution is -0.161. The van der Waals surface area contributed by atoms with E-state index in [9.17, 15) is 43.2 Å². The van der Waals surface area contributed by atoms with Gasteiger partial charge >= 0.3 is 39.5 Å². The number of carbonyl (C=O) groups is 4. The predicted octanol–water partition coefficient (Wildman–Crippen LogP) is 18.5. The van der Waals surface area contributed by atoms with Crippen molar-refractivity contribution in [2.24, 2.45) is 23.7 Å². The molecular weight excluding hydrogens is 1140 g/mol. The van der Waals surface area contributed by atoms with Gasteiger partial charge in [-0.25, -0.2) is 9.13 Å². The van der Waals surface area contributed by atoms with E-state index in [1.54, 1.807) is 0 Å². The smallest absolute Gasteiger partial charge is 0.462 e. The Morgan fingerprint density at radius 2 is 0.558 bits per heavy atom. The van der Waals surface area contributed by atoms with E-state index in [4.69, 9.17) is 37.0 Å². The van der Waals surface area contributed by atoms with E-state index in [-0.39, 0.29) is 25.7 Å². The van der Waals surface area contributed by atoms with Gasteiger partial charge in [0.25, 0.3) is 0 Å². The third-order valence-electron chi connectivity index (χ3n) is 15.7. The van der Waals surface area contributed by atoms with Crippen LogP contribution in [0.15, 0.2) is 0 Å². The van der Waals surface area contributed by atoms with Crippen molar-refractivity contribution in [3.63, 3.8) is 0 Å². The maximum atomic E-state index is 13.0. The van der Waals surface area contributed by atoms with Crippen LogP contribution in [-0.2, 0) is 65.4 Å². The van der Waals surface area contributed by atoms with Crippen LogP contribution in [0.25, 0.3) is 0 Å². The summed E-state index contributed by atoms with van der Waals surface area (Å²) in [5.74, 6) is 0.799.